The number of nitrogens with one attached hydrogen (secondary N) is 2. The monoisotopic (exact) mass is 364 g/mol. The van der Waals surface area contributed by atoms with Crippen molar-refractivity contribution in [1.29, 1.82) is 0 Å². The molecule has 0 aliphatic rings. The van der Waals surface area contributed by atoms with Crippen LogP contribution >= 0.6 is 0 Å². The van der Waals surface area contributed by atoms with Crippen LogP contribution in [0.4, 0.5) is 21.8 Å². The lowest BCUT2D eigenvalue weighted by atomic mass is 10.1. The number of hydrogen-bond acceptors (Lipinski definition) is 4. The molecule has 0 unspecified atom stereocenters. The molecule has 0 saturated carbocycles. The highest BCUT2D eigenvalue weighted by Gasteiger charge is 2.03. The molecule has 6 nitrogen and oxygen atoms in total. The smallest absolute Gasteiger partial charge is 0.254 e. The van der Waals surface area contributed by atoms with E-state index in [1.807, 2.05) is 31.2 Å². The molecule has 0 aliphatic carbocycles. The molecule has 7 heteroatoms. The van der Waals surface area contributed by atoms with Crippen LogP contribution in [0.15, 0.2) is 65.7 Å². The Hall–Kier alpha value is -3.48. The van der Waals surface area contributed by atoms with E-state index in [0.717, 1.165) is 18.7 Å². The Morgan fingerprint density at radius 3 is 2.67 bits per heavy atom. The van der Waals surface area contributed by atoms with Crippen molar-refractivity contribution < 1.29 is 4.39 Å². The summed E-state index contributed by atoms with van der Waals surface area (Å²) >= 11 is 0. The Morgan fingerprint density at radius 2 is 1.89 bits per heavy atom. The van der Waals surface area contributed by atoms with E-state index in [0.29, 0.717) is 11.5 Å². The quantitative estimate of drug-likeness (QED) is 0.459. The average Bonchev–Trinajstić information content (AvgIpc) is 2.62. The summed E-state index contributed by atoms with van der Waals surface area (Å²) in [5.74, 6) is 0.639. The fourth-order valence-corrected chi connectivity index (χ4v) is 2.52. The van der Waals surface area contributed by atoms with Crippen molar-refractivity contribution in [2.75, 3.05) is 17.2 Å². The number of aryl methyl sites for hydroxylation is 1. The third-order valence-corrected chi connectivity index (χ3v) is 3.72. The van der Waals surface area contributed by atoms with Gasteiger partial charge in [0.15, 0.2) is 0 Å². The summed E-state index contributed by atoms with van der Waals surface area (Å²) in [6, 6.07) is 18.0. The number of halogens is 1. The van der Waals surface area contributed by atoms with E-state index in [9.17, 15) is 4.39 Å². The lowest BCUT2D eigenvalue weighted by molar-refractivity contribution is 0.628. The van der Waals surface area contributed by atoms with Gasteiger partial charge in [-0.2, -0.15) is 9.98 Å². The van der Waals surface area contributed by atoms with Gasteiger partial charge in [0.2, 0.25) is 5.96 Å². The van der Waals surface area contributed by atoms with Crippen molar-refractivity contribution in [2.45, 2.75) is 13.3 Å². The summed E-state index contributed by atoms with van der Waals surface area (Å²) in [7, 11) is 0. The van der Waals surface area contributed by atoms with Gasteiger partial charge >= 0.3 is 0 Å². The first-order valence-corrected chi connectivity index (χ1v) is 8.59. The molecule has 0 aliphatic heterocycles. The van der Waals surface area contributed by atoms with E-state index < -0.39 is 0 Å². The predicted molar refractivity (Wildman–Crippen MR) is 107 cm³/mol. The Balaban J connectivity index is 1.65. The lowest BCUT2D eigenvalue weighted by Gasteiger charge is -2.08. The van der Waals surface area contributed by atoms with Crippen LogP contribution in [0.25, 0.3) is 0 Å². The number of benzene rings is 2. The van der Waals surface area contributed by atoms with E-state index in [4.69, 9.17) is 5.73 Å². The van der Waals surface area contributed by atoms with Crippen LogP contribution in [0, 0.1) is 12.7 Å². The van der Waals surface area contributed by atoms with E-state index in [2.05, 4.69) is 37.7 Å². The molecule has 0 radical (unpaired) electrons. The molecular formula is C20H21FN6. The third kappa shape index (κ3) is 5.78. The van der Waals surface area contributed by atoms with Gasteiger partial charge in [0.25, 0.3) is 5.95 Å². The zero-order chi connectivity index (χ0) is 19.1. The number of aliphatic imine (C=N–C) groups is 1. The maximum Gasteiger partial charge on any atom is 0.254 e. The molecule has 0 fully saturated rings. The van der Waals surface area contributed by atoms with Crippen LogP contribution in [0.2, 0.25) is 0 Å². The second kappa shape index (κ2) is 8.75. The highest BCUT2D eigenvalue weighted by molar-refractivity contribution is 5.93. The van der Waals surface area contributed by atoms with Crippen molar-refractivity contribution in [3.63, 3.8) is 0 Å². The molecule has 4 N–H and O–H groups in total. The highest BCUT2D eigenvalue weighted by Crippen LogP contribution is 2.13. The number of aromatic nitrogens is 2. The molecule has 0 spiro atoms. The molecule has 2 aromatic carbocycles. The second-order valence-corrected chi connectivity index (χ2v) is 5.99. The van der Waals surface area contributed by atoms with Crippen LogP contribution in [0.1, 0.15) is 11.3 Å². The summed E-state index contributed by atoms with van der Waals surface area (Å²) in [4.78, 5) is 12.8. The van der Waals surface area contributed by atoms with Gasteiger partial charge in [-0.25, -0.2) is 9.37 Å². The van der Waals surface area contributed by atoms with Crippen LogP contribution < -0.4 is 16.4 Å². The first kappa shape index (κ1) is 18.3. The van der Waals surface area contributed by atoms with E-state index in [1.165, 1.54) is 17.7 Å². The number of hydrogen-bond donors (Lipinski definition) is 3. The van der Waals surface area contributed by atoms with Crippen molar-refractivity contribution in [3.05, 3.63) is 77.7 Å². The maximum atomic E-state index is 13.2. The maximum absolute atomic E-state index is 13.2. The van der Waals surface area contributed by atoms with Gasteiger partial charge in [-0.1, -0.05) is 36.4 Å². The molecule has 138 valence electrons. The van der Waals surface area contributed by atoms with Gasteiger partial charge in [-0.3, -0.25) is 0 Å². The van der Waals surface area contributed by atoms with E-state index >= 15 is 0 Å². The molecule has 27 heavy (non-hydrogen) atoms. The normalized spacial score (nSPS) is 11.3. The fraction of sp³-hybridized carbons (Fsp3) is 0.150. The average molecular weight is 364 g/mol. The molecule has 0 bridgehead atoms. The Morgan fingerprint density at radius 1 is 1.07 bits per heavy atom. The minimum absolute atomic E-state index is 0.0847. The van der Waals surface area contributed by atoms with Gasteiger partial charge in [0.1, 0.15) is 11.6 Å². The fourth-order valence-electron chi connectivity index (χ4n) is 2.52. The zero-order valence-electron chi connectivity index (χ0n) is 15.0. The standard InChI is InChI=1S/C20H21FN6/c1-14-12-18(23-11-10-15-6-3-2-4-7-15)26-20(24-14)27-19(22)25-17-9-5-8-16(21)13-17/h2-9,12-13H,10-11H2,1H3,(H4,22,23,24,25,26,27). The molecule has 0 atom stereocenters. The minimum atomic E-state index is -0.357. The van der Waals surface area contributed by atoms with Crippen LogP contribution in [-0.2, 0) is 6.42 Å². The summed E-state index contributed by atoms with van der Waals surface area (Å²) in [5, 5.41) is 6.10. The molecule has 0 amide bonds. The second-order valence-electron chi connectivity index (χ2n) is 5.99. The predicted octanol–water partition coefficient (Wildman–Crippen LogP) is 3.64. The molecule has 1 aromatic heterocycles. The third-order valence-electron chi connectivity index (χ3n) is 3.72. The van der Waals surface area contributed by atoms with Gasteiger partial charge in [-0.15, -0.1) is 0 Å². The number of anilines is 2. The number of nitrogens with two attached hydrogens (primary N) is 1. The Labute approximate surface area is 157 Å². The SMILES string of the molecule is Cc1cc(NCCc2ccccc2)nc(N=C(N)Nc2cccc(F)c2)n1. The first-order chi connectivity index (χ1) is 13.1. The summed E-state index contributed by atoms with van der Waals surface area (Å²) < 4.78 is 13.2. The van der Waals surface area contributed by atoms with Crippen molar-refractivity contribution >= 4 is 23.4 Å². The highest BCUT2D eigenvalue weighted by atomic mass is 19.1. The lowest BCUT2D eigenvalue weighted by Crippen LogP contribution is -2.22. The van der Waals surface area contributed by atoms with Crippen molar-refractivity contribution in [2.24, 2.45) is 10.7 Å². The molecular weight excluding hydrogens is 343 g/mol. The number of guanidine groups is 1. The van der Waals surface area contributed by atoms with Crippen LogP contribution in [0.5, 0.6) is 0 Å². The van der Waals surface area contributed by atoms with Gasteiger partial charge in [0, 0.05) is 24.0 Å². The zero-order valence-corrected chi connectivity index (χ0v) is 15.0. The molecule has 0 saturated heterocycles. The van der Waals surface area contributed by atoms with Gasteiger partial charge in [0.05, 0.1) is 0 Å². The molecule has 3 rings (SSSR count). The summed E-state index contributed by atoms with van der Waals surface area (Å²) in [6.07, 6.45) is 0.881. The van der Waals surface area contributed by atoms with Crippen LogP contribution in [-0.4, -0.2) is 22.5 Å². The number of nitrogens with zero attached hydrogens (tertiary/aromatic N) is 3. The molecule has 1 heterocycles. The van der Waals surface area contributed by atoms with Gasteiger partial charge in [-0.05, 0) is 37.1 Å². The number of rotatable bonds is 6. The largest absolute Gasteiger partial charge is 0.370 e. The van der Waals surface area contributed by atoms with Crippen LogP contribution in [0.3, 0.4) is 0 Å². The Bertz CT molecular complexity index is 927. The van der Waals surface area contributed by atoms with Gasteiger partial charge < -0.3 is 16.4 Å². The van der Waals surface area contributed by atoms with Crippen molar-refractivity contribution in [1.82, 2.24) is 9.97 Å². The minimum Gasteiger partial charge on any atom is -0.370 e. The Kier molecular flexibility index (Phi) is 5.94. The van der Waals surface area contributed by atoms with Crippen molar-refractivity contribution in [3.8, 4) is 0 Å². The summed E-state index contributed by atoms with van der Waals surface area (Å²) in [5.41, 5.74) is 8.40. The van der Waals surface area contributed by atoms with E-state index in [-0.39, 0.29) is 17.7 Å². The molecule has 3 aromatic rings. The first-order valence-electron chi connectivity index (χ1n) is 8.59. The topological polar surface area (TPSA) is 88.2 Å². The van der Waals surface area contributed by atoms with E-state index in [1.54, 1.807) is 12.1 Å². The summed E-state index contributed by atoms with van der Waals surface area (Å²) in [6.45, 7) is 2.60.